The Labute approximate surface area is 77.2 Å². The first-order valence-corrected chi connectivity index (χ1v) is 5.11. The summed E-state index contributed by atoms with van der Waals surface area (Å²) < 4.78 is 0. The highest BCUT2D eigenvalue weighted by atomic mass is 14.9. The van der Waals surface area contributed by atoms with Gasteiger partial charge in [0.05, 0.1) is 0 Å². The van der Waals surface area contributed by atoms with Crippen LogP contribution in [0.3, 0.4) is 0 Å². The van der Waals surface area contributed by atoms with E-state index in [1.54, 1.807) is 0 Å². The van der Waals surface area contributed by atoms with Crippen LogP contribution in [0.5, 0.6) is 0 Å². The van der Waals surface area contributed by atoms with Gasteiger partial charge in [-0.15, -0.1) is 6.58 Å². The molecule has 12 heavy (non-hydrogen) atoms. The summed E-state index contributed by atoms with van der Waals surface area (Å²) in [5.74, 6) is 0. The first-order chi connectivity index (χ1) is 5.74. The van der Waals surface area contributed by atoms with Gasteiger partial charge in [-0.05, 0) is 26.2 Å². The lowest BCUT2D eigenvalue weighted by Gasteiger charge is -2.20. The minimum absolute atomic E-state index is 0.582. The molecular weight excluding hydrogens is 146 g/mol. The second kappa shape index (κ2) is 7.35. The molecular formula is C11H23N. The molecule has 72 valence electrons. The van der Waals surface area contributed by atoms with Crippen molar-refractivity contribution in [1.82, 2.24) is 5.32 Å². The van der Waals surface area contributed by atoms with Gasteiger partial charge in [0.25, 0.3) is 0 Å². The third-order valence-corrected chi connectivity index (χ3v) is 2.17. The maximum absolute atomic E-state index is 3.74. The molecule has 0 aromatic heterocycles. The van der Waals surface area contributed by atoms with E-state index in [1.165, 1.54) is 19.3 Å². The van der Waals surface area contributed by atoms with Crippen LogP contribution in [0.2, 0.25) is 0 Å². The quantitative estimate of drug-likeness (QED) is 0.577. The molecule has 0 heterocycles. The van der Waals surface area contributed by atoms with E-state index in [2.05, 4.69) is 32.7 Å². The van der Waals surface area contributed by atoms with Gasteiger partial charge in [-0.3, -0.25) is 0 Å². The van der Waals surface area contributed by atoms with E-state index in [9.17, 15) is 0 Å². The predicted octanol–water partition coefficient (Wildman–Crippen LogP) is 3.12. The summed E-state index contributed by atoms with van der Waals surface area (Å²) >= 11 is 0. The average molecular weight is 169 g/mol. The zero-order valence-electron chi connectivity index (χ0n) is 8.77. The number of hydrogen-bond donors (Lipinski definition) is 1. The van der Waals surface area contributed by atoms with Crippen molar-refractivity contribution in [3.05, 3.63) is 12.7 Å². The SMILES string of the molecule is C=CCC(C)NC(CC)CCC. The van der Waals surface area contributed by atoms with Crippen molar-refractivity contribution in [2.24, 2.45) is 0 Å². The van der Waals surface area contributed by atoms with E-state index in [4.69, 9.17) is 0 Å². The lowest BCUT2D eigenvalue weighted by molar-refractivity contribution is 0.411. The van der Waals surface area contributed by atoms with Crippen LogP contribution in [0.4, 0.5) is 0 Å². The second-order valence-corrected chi connectivity index (χ2v) is 3.49. The summed E-state index contributed by atoms with van der Waals surface area (Å²) in [5, 5.41) is 3.60. The molecule has 0 aliphatic heterocycles. The molecule has 2 atom stereocenters. The van der Waals surface area contributed by atoms with E-state index in [0.717, 1.165) is 6.42 Å². The molecule has 2 unspecified atom stereocenters. The van der Waals surface area contributed by atoms with Gasteiger partial charge in [0, 0.05) is 12.1 Å². The topological polar surface area (TPSA) is 12.0 Å². The largest absolute Gasteiger partial charge is 0.311 e. The number of rotatable bonds is 7. The molecule has 0 aromatic rings. The molecule has 1 N–H and O–H groups in total. The lowest BCUT2D eigenvalue weighted by atomic mass is 10.1. The highest BCUT2D eigenvalue weighted by molar-refractivity contribution is 4.77. The molecule has 0 rings (SSSR count). The fourth-order valence-electron chi connectivity index (χ4n) is 1.47. The molecule has 0 bridgehead atoms. The molecule has 0 aromatic carbocycles. The van der Waals surface area contributed by atoms with Gasteiger partial charge >= 0.3 is 0 Å². The van der Waals surface area contributed by atoms with E-state index in [0.29, 0.717) is 12.1 Å². The summed E-state index contributed by atoms with van der Waals surface area (Å²) in [6.45, 7) is 10.4. The maximum atomic E-state index is 3.74. The average Bonchev–Trinajstić information content (AvgIpc) is 2.04. The second-order valence-electron chi connectivity index (χ2n) is 3.49. The zero-order valence-corrected chi connectivity index (χ0v) is 8.77. The third kappa shape index (κ3) is 5.36. The number of hydrogen-bond acceptors (Lipinski definition) is 1. The lowest BCUT2D eigenvalue weighted by Crippen LogP contribution is -2.35. The van der Waals surface area contributed by atoms with E-state index >= 15 is 0 Å². The predicted molar refractivity (Wildman–Crippen MR) is 56.4 cm³/mol. The van der Waals surface area contributed by atoms with E-state index in [-0.39, 0.29) is 0 Å². The van der Waals surface area contributed by atoms with Crippen LogP contribution >= 0.6 is 0 Å². The van der Waals surface area contributed by atoms with Gasteiger partial charge in [0.2, 0.25) is 0 Å². The molecule has 0 amide bonds. The van der Waals surface area contributed by atoms with Crippen LogP contribution in [0, 0.1) is 0 Å². The van der Waals surface area contributed by atoms with Crippen LogP contribution in [-0.4, -0.2) is 12.1 Å². The Morgan fingerprint density at radius 3 is 2.50 bits per heavy atom. The summed E-state index contributed by atoms with van der Waals surface area (Å²) in [6, 6.07) is 1.28. The molecule has 1 heteroatoms. The van der Waals surface area contributed by atoms with Crippen LogP contribution in [0.25, 0.3) is 0 Å². The monoisotopic (exact) mass is 169 g/mol. The maximum Gasteiger partial charge on any atom is 0.00757 e. The Morgan fingerprint density at radius 1 is 1.42 bits per heavy atom. The molecule has 1 nitrogen and oxygen atoms in total. The highest BCUT2D eigenvalue weighted by Crippen LogP contribution is 2.03. The fourth-order valence-corrected chi connectivity index (χ4v) is 1.47. The van der Waals surface area contributed by atoms with Gasteiger partial charge in [0.1, 0.15) is 0 Å². The van der Waals surface area contributed by atoms with Crippen molar-refractivity contribution in [2.75, 3.05) is 0 Å². The Bertz CT molecular complexity index is 110. The number of nitrogens with one attached hydrogen (secondary N) is 1. The van der Waals surface area contributed by atoms with Gasteiger partial charge in [-0.25, -0.2) is 0 Å². The normalized spacial score (nSPS) is 15.6. The van der Waals surface area contributed by atoms with Crippen LogP contribution in [0.1, 0.15) is 46.5 Å². The minimum atomic E-state index is 0.582. The molecule has 0 aliphatic carbocycles. The van der Waals surface area contributed by atoms with Crippen molar-refractivity contribution < 1.29 is 0 Å². The Morgan fingerprint density at radius 2 is 2.08 bits per heavy atom. The Kier molecular flexibility index (Phi) is 7.17. The minimum Gasteiger partial charge on any atom is -0.311 e. The first-order valence-electron chi connectivity index (χ1n) is 5.11. The Hall–Kier alpha value is -0.300. The van der Waals surface area contributed by atoms with Crippen molar-refractivity contribution in [2.45, 2.75) is 58.5 Å². The Balaban J connectivity index is 3.60. The van der Waals surface area contributed by atoms with Crippen molar-refractivity contribution in [3.63, 3.8) is 0 Å². The summed E-state index contributed by atoms with van der Waals surface area (Å²) in [6.07, 6.45) is 6.84. The molecule has 0 spiro atoms. The molecule has 0 saturated carbocycles. The summed E-state index contributed by atoms with van der Waals surface area (Å²) in [7, 11) is 0. The van der Waals surface area contributed by atoms with E-state index < -0.39 is 0 Å². The van der Waals surface area contributed by atoms with Crippen LogP contribution < -0.4 is 5.32 Å². The van der Waals surface area contributed by atoms with Crippen molar-refractivity contribution in [3.8, 4) is 0 Å². The standard InChI is InChI=1S/C11H23N/c1-5-8-10(4)12-11(7-3)9-6-2/h5,10-12H,1,6-9H2,2-4H3. The molecule has 0 saturated heterocycles. The third-order valence-electron chi connectivity index (χ3n) is 2.17. The summed E-state index contributed by atoms with van der Waals surface area (Å²) in [5.41, 5.74) is 0. The van der Waals surface area contributed by atoms with Crippen LogP contribution in [-0.2, 0) is 0 Å². The van der Waals surface area contributed by atoms with Crippen molar-refractivity contribution >= 4 is 0 Å². The highest BCUT2D eigenvalue weighted by Gasteiger charge is 2.07. The fraction of sp³-hybridized carbons (Fsp3) is 0.818. The van der Waals surface area contributed by atoms with E-state index in [1.807, 2.05) is 6.08 Å². The molecule has 0 radical (unpaired) electrons. The first kappa shape index (κ1) is 11.7. The smallest absolute Gasteiger partial charge is 0.00757 e. The van der Waals surface area contributed by atoms with Gasteiger partial charge in [-0.1, -0.05) is 26.3 Å². The molecule has 0 fully saturated rings. The van der Waals surface area contributed by atoms with Crippen LogP contribution in [0.15, 0.2) is 12.7 Å². The molecule has 0 aliphatic rings. The summed E-state index contributed by atoms with van der Waals surface area (Å²) in [4.78, 5) is 0. The van der Waals surface area contributed by atoms with Gasteiger partial charge in [-0.2, -0.15) is 0 Å². The van der Waals surface area contributed by atoms with Crippen molar-refractivity contribution in [1.29, 1.82) is 0 Å². The van der Waals surface area contributed by atoms with Gasteiger partial charge < -0.3 is 5.32 Å². The zero-order chi connectivity index (χ0) is 9.40. The van der Waals surface area contributed by atoms with Gasteiger partial charge in [0.15, 0.2) is 0 Å².